The molecule has 0 aromatic rings. The van der Waals surface area contributed by atoms with Gasteiger partial charge in [-0.3, -0.25) is 0 Å². The molecule has 4 aliphatic rings. The summed E-state index contributed by atoms with van der Waals surface area (Å²) in [7, 11) is 2.20. The molecule has 4 rings (SSSR count). The van der Waals surface area contributed by atoms with Gasteiger partial charge >= 0.3 is 0 Å². The van der Waals surface area contributed by atoms with Crippen molar-refractivity contribution in [2.45, 2.75) is 104 Å². The van der Waals surface area contributed by atoms with Gasteiger partial charge in [-0.15, -0.1) is 0 Å². The molecule has 156 valence electrons. The molecule has 2 nitrogen and oxygen atoms in total. The molecule has 2 heteroatoms. The predicted octanol–water partition coefficient (Wildman–Crippen LogP) is 6.05. The predicted molar refractivity (Wildman–Crippen MR) is 114 cm³/mol. The fraction of sp³-hybridized carbons (Fsp3) is 1.00. The average molecular weight is 376 g/mol. The second-order valence-electron chi connectivity index (χ2n) is 11.6. The monoisotopic (exact) mass is 375 g/mol. The van der Waals surface area contributed by atoms with Crippen molar-refractivity contribution >= 4 is 0 Å². The maximum atomic E-state index is 6.33. The summed E-state index contributed by atoms with van der Waals surface area (Å²) in [6.45, 7) is 10.9. The van der Waals surface area contributed by atoms with Crippen LogP contribution < -0.4 is 5.32 Å². The molecular weight excluding hydrogens is 330 g/mol. The Bertz CT molecular complexity index is 518. The van der Waals surface area contributed by atoms with Gasteiger partial charge in [0.1, 0.15) is 0 Å². The lowest BCUT2D eigenvalue weighted by molar-refractivity contribution is -0.132. The molecule has 4 fully saturated rings. The van der Waals surface area contributed by atoms with E-state index < -0.39 is 0 Å². The van der Waals surface area contributed by atoms with Crippen molar-refractivity contribution in [3.05, 3.63) is 0 Å². The van der Waals surface area contributed by atoms with Crippen molar-refractivity contribution < 1.29 is 4.74 Å². The molecular formula is C25H45NO. The first kappa shape index (κ1) is 20.2. The lowest BCUT2D eigenvalue weighted by Crippen LogP contribution is -2.55. The fourth-order valence-corrected chi connectivity index (χ4v) is 8.31. The smallest absolute Gasteiger partial charge is 0.0578 e. The van der Waals surface area contributed by atoms with Crippen LogP contribution in [-0.2, 0) is 4.74 Å². The summed E-state index contributed by atoms with van der Waals surface area (Å²) in [4.78, 5) is 0. The van der Waals surface area contributed by atoms with Gasteiger partial charge < -0.3 is 10.1 Å². The molecule has 1 N–H and O–H groups in total. The summed E-state index contributed by atoms with van der Waals surface area (Å²) >= 11 is 0. The van der Waals surface area contributed by atoms with Gasteiger partial charge in [-0.2, -0.15) is 0 Å². The van der Waals surface area contributed by atoms with Gasteiger partial charge in [-0.1, -0.05) is 27.7 Å². The molecule has 0 aromatic heterocycles. The van der Waals surface area contributed by atoms with E-state index in [0.717, 1.165) is 42.2 Å². The third-order valence-corrected chi connectivity index (χ3v) is 10.0. The number of hydrogen-bond acceptors (Lipinski definition) is 2. The maximum Gasteiger partial charge on any atom is 0.0578 e. The Labute approximate surface area is 168 Å². The molecule has 0 aromatic carbocycles. The molecule has 0 radical (unpaired) electrons. The normalized spacial score (nSPS) is 49.6. The minimum absolute atomic E-state index is 0.549. The van der Waals surface area contributed by atoms with Crippen LogP contribution in [0.25, 0.3) is 0 Å². The van der Waals surface area contributed by atoms with Gasteiger partial charge in [0.05, 0.1) is 6.10 Å². The third kappa shape index (κ3) is 3.41. The van der Waals surface area contributed by atoms with Crippen molar-refractivity contribution in [3.8, 4) is 0 Å². The zero-order valence-corrected chi connectivity index (χ0v) is 18.7. The topological polar surface area (TPSA) is 21.3 Å². The van der Waals surface area contributed by atoms with E-state index in [1.54, 1.807) is 0 Å². The molecule has 27 heavy (non-hydrogen) atoms. The summed E-state index contributed by atoms with van der Waals surface area (Å²) in [6.07, 6.45) is 14.7. The van der Waals surface area contributed by atoms with Crippen LogP contribution >= 0.6 is 0 Å². The van der Waals surface area contributed by atoms with E-state index >= 15 is 0 Å². The highest BCUT2D eigenvalue weighted by Crippen LogP contribution is 2.66. The molecule has 0 amide bonds. The largest absolute Gasteiger partial charge is 0.378 e. The highest BCUT2D eigenvalue weighted by Gasteiger charge is 2.59. The Morgan fingerprint density at radius 3 is 2.41 bits per heavy atom. The summed E-state index contributed by atoms with van der Waals surface area (Å²) in [6, 6.07) is 0.763. The first-order valence-corrected chi connectivity index (χ1v) is 12.2. The molecule has 4 saturated carbocycles. The highest BCUT2D eigenvalue weighted by molar-refractivity contribution is 5.10. The van der Waals surface area contributed by atoms with Gasteiger partial charge in [-0.25, -0.2) is 0 Å². The van der Waals surface area contributed by atoms with E-state index in [4.69, 9.17) is 4.74 Å². The molecule has 0 saturated heterocycles. The van der Waals surface area contributed by atoms with Crippen molar-refractivity contribution in [2.75, 3.05) is 13.7 Å². The number of hydrogen-bond donors (Lipinski definition) is 1. The average Bonchev–Trinajstić information content (AvgIpc) is 2.98. The second kappa shape index (κ2) is 7.63. The van der Waals surface area contributed by atoms with E-state index in [1.807, 2.05) is 0 Å². The minimum Gasteiger partial charge on any atom is -0.378 e. The van der Waals surface area contributed by atoms with Crippen molar-refractivity contribution in [2.24, 2.45) is 40.4 Å². The lowest BCUT2D eigenvalue weighted by Gasteiger charge is -2.61. The zero-order chi connectivity index (χ0) is 19.2. The Morgan fingerprint density at radius 1 is 0.926 bits per heavy atom. The molecule has 0 aliphatic heterocycles. The standard InChI is InChI=1S/C25H45NO/c1-17(2)12-15-27-19-10-13-24(3)18(16-19)6-7-20-21-8-9-23(26-5)25(21,4)14-11-22(20)24/h17-23,26H,6-16H2,1-5H3/t18?,19-,20?,21?,22?,23-,24-,25-/m0/s1. The Kier molecular flexibility index (Phi) is 5.71. The van der Waals surface area contributed by atoms with E-state index in [0.29, 0.717) is 16.9 Å². The minimum atomic E-state index is 0.549. The van der Waals surface area contributed by atoms with E-state index in [2.05, 4.69) is 40.1 Å². The SMILES string of the molecule is CN[C@H]1CCC2C3CCC4C[C@@H](OCCC(C)C)CC[C@]4(C)C3CC[C@@]21C. The molecule has 0 heterocycles. The van der Waals surface area contributed by atoms with Crippen molar-refractivity contribution in [1.29, 1.82) is 0 Å². The van der Waals surface area contributed by atoms with Crippen LogP contribution in [0, 0.1) is 40.4 Å². The Morgan fingerprint density at radius 2 is 1.67 bits per heavy atom. The molecule has 4 aliphatic carbocycles. The van der Waals surface area contributed by atoms with Crippen LogP contribution in [0.4, 0.5) is 0 Å². The summed E-state index contributed by atoms with van der Waals surface area (Å²) in [5, 5.41) is 3.68. The first-order chi connectivity index (χ1) is 12.9. The fourth-order valence-electron chi connectivity index (χ4n) is 8.31. The van der Waals surface area contributed by atoms with Gasteiger partial charge in [-0.05, 0) is 112 Å². The van der Waals surface area contributed by atoms with Crippen LogP contribution in [0.2, 0.25) is 0 Å². The quantitative estimate of drug-likeness (QED) is 0.631. The molecule has 8 atom stereocenters. The Hall–Kier alpha value is -0.0800. The van der Waals surface area contributed by atoms with E-state index in [-0.39, 0.29) is 0 Å². The first-order valence-electron chi connectivity index (χ1n) is 12.2. The number of nitrogens with one attached hydrogen (secondary N) is 1. The van der Waals surface area contributed by atoms with Gasteiger partial charge in [0, 0.05) is 12.6 Å². The Balaban J connectivity index is 1.42. The van der Waals surface area contributed by atoms with Gasteiger partial charge in [0.15, 0.2) is 0 Å². The van der Waals surface area contributed by atoms with Crippen molar-refractivity contribution in [3.63, 3.8) is 0 Å². The molecule has 4 unspecified atom stereocenters. The van der Waals surface area contributed by atoms with Gasteiger partial charge in [0.25, 0.3) is 0 Å². The summed E-state index contributed by atoms with van der Waals surface area (Å²) in [5.41, 5.74) is 1.16. The summed E-state index contributed by atoms with van der Waals surface area (Å²) in [5.74, 6) is 4.65. The van der Waals surface area contributed by atoms with Crippen LogP contribution in [-0.4, -0.2) is 25.8 Å². The zero-order valence-electron chi connectivity index (χ0n) is 18.7. The number of fused-ring (bicyclic) bond motifs is 5. The lowest BCUT2D eigenvalue weighted by atomic mass is 9.45. The number of ether oxygens (including phenoxy) is 1. The third-order valence-electron chi connectivity index (χ3n) is 10.0. The number of rotatable bonds is 5. The van der Waals surface area contributed by atoms with Crippen LogP contribution in [0.1, 0.15) is 91.9 Å². The summed E-state index contributed by atoms with van der Waals surface area (Å²) < 4.78 is 6.33. The highest BCUT2D eigenvalue weighted by atomic mass is 16.5. The van der Waals surface area contributed by atoms with Crippen LogP contribution in [0.15, 0.2) is 0 Å². The van der Waals surface area contributed by atoms with Crippen LogP contribution in [0.3, 0.4) is 0 Å². The van der Waals surface area contributed by atoms with E-state index in [9.17, 15) is 0 Å². The maximum absolute atomic E-state index is 6.33. The molecule has 0 spiro atoms. The van der Waals surface area contributed by atoms with Crippen LogP contribution in [0.5, 0.6) is 0 Å². The van der Waals surface area contributed by atoms with E-state index in [1.165, 1.54) is 64.2 Å². The molecule has 0 bridgehead atoms. The van der Waals surface area contributed by atoms with Crippen molar-refractivity contribution in [1.82, 2.24) is 5.32 Å². The second-order valence-corrected chi connectivity index (χ2v) is 11.6. The van der Waals surface area contributed by atoms with Gasteiger partial charge in [0.2, 0.25) is 0 Å².